The molecule has 1 amide bonds. The van der Waals surface area contributed by atoms with Crippen LogP contribution in [0.3, 0.4) is 0 Å². The highest BCUT2D eigenvalue weighted by atomic mass is 127. The van der Waals surface area contributed by atoms with Crippen molar-refractivity contribution in [3.8, 4) is 0 Å². The zero-order chi connectivity index (χ0) is 13.8. The van der Waals surface area contributed by atoms with Gasteiger partial charge in [-0.15, -0.1) is 10.2 Å². The molecule has 1 aromatic heterocycles. The summed E-state index contributed by atoms with van der Waals surface area (Å²) in [5.41, 5.74) is 0.778. The highest BCUT2D eigenvalue weighted by Gasteiger charge is 2.10. The summed E-state index contributed by atoms with van der Waals surface area (Å²) in [7, 11) is 1.73. The summed E-state index contributed by atoms with van der Waals surface area (Å²) in [4.78, 5) is 12.0. The molecular formula is C12H10ClIN4O. The molecular weight excluding hydrogens is 379 g/mol. The lowest BCUT2D eigenvalue weighted by Gasteiger charge is -2.07. The molecule has 7 heteroatoms. The first-order chi connectivity index (χ1) is 9.10. The number of carbonyl (C=O) groups excluding carboxylic acids is 1. The minimum absolute atomic E-state index is 0.230. The Labute approximate surface area is 128 Å². The van der Waals surface area contributed by atoms with E-state index in [2.05, 4.69) is 43.4 Å². The number of carbonyl (C=O) groups is 1. The third kappa shape index (κ3) is 3.54. The summed E-state index contributed by atoms with van der Waals surface area (Å²) < 4.78 is 0.999. The third-order valence-corrected chi connectivity index (χ3v) is 3.32. The fourth-order valence-electron chi connectivity index (χ4n) is 1.36. The van der Waals surface area contributed by atoms with E-state index in [9.17, 15) is 4.79 Å². The van der Waals surface area contributed by atoms with Crippen molar-refractivity contribution in [2.75, 3.05) is 17.7 Å². The Kier molecular flexibility index (Phi) is 4.54. The molecule has 0 aliphatic carbocycles. The molecule has 1 heterocycles. The van der Waals surface area contributed by atoms with Gasteiger partial charge in [0.25, 0.3) is 5.91 Å². The molecule has 0 fully saturated rings. The largest absolute Gasteiger partial charge is 0.372 e. The van der Waals surface area contributed by atoms with Gasteiger partial charge in [-0.1, -0.05) is 11.6 Å². The van der Waals surface area contributed by atoms with Gasteiger partial charge in [0.15, 0.2) is 5.69 Å². The van der Waals surface area contributed by atoms with Crippen molar-refractivity contribution >= 4 is 51.6 Å². The number of benzene rings is 1. The van der Waals surface area contributed by atoms with Gasteiger partial charge in [-0.25, -0.2) is 0 Å². The highest BCUT2D eigenvalue weighted by Crippen LogP contribution is 2.24. The van der Waals surface area contributed by atoms with Gasteiger partial charge in [0.05, 0.1) is 10.7 Å². The van der Waals surface area contributed by atoms with E-state index in [-0.39, 0.29) is 11.6 Å². The normalized spacial score (nSPS) is 10.1. The first-order valence-corrected chi connectivity index (χ1v) is 6.83. The van der Waals surface area contributed by atoms with Gasteiger partial charge in [0, 0.05) is 10.6 Å². The van der Waals surface area contributed by atoms with Crippen molar-refractivity contribution in [2.24, 2.45) is 0 Å². The van der Waals surface area contributed by atoms with E-state index in [0.29, 0.717) is 16.5 Å². The minimum Gasteiger partial charge on any atom is -0.372 e. The molecule has 0 radical (unpaired) electrons. The van der Waals surface area contributed by atoms with Crippen molar-refractivity contribution < 1.29 is 4.79 Å². The van der Waals surface area contributed by atoms with E-state index in [1.165, 1.54) is 0 Å². The average Bonchev–Trinajstić information content (AvgIpc) is 2.42. The molecule has 0 atom stereocenters. The monoisotopic (exact) mass is 388 g/mol. The molecule has 0 saturated heterocycles. The zero-order valence-electron chi connectivity index (χ0n) is 9.95. The van der Waals surface area contributed by atoms with Crippen LogP contribution in [0.15, 0.2) is 30.3 Å². The molecule has 1 aromatic carbocycles. The van der Waals surface area contributed by atoms with Gasteiger partial charge < -0.3 is 10.6 Å². The molecule has 2 aromatic rings. The maximum absolute atomic E-state index is 12.0. The summed E-state index contributed by atoms with van der Waals surface area (Å²) in [5.74, 6) is 0.252. The molecule has 98 valence electrons. The summed E-state index contributed by atoms with van der Waals surface area (Å²) in [6, 6.07) is 8.65. The van der Waals surface area contributed by atoms with E-state index in [1.807, 2.05) is 6.07 Å². The van der Waals surface area contributed by atoms with E-state index >= 15 is 0 Å². The number of rotatable bonds is 3. The fraction of sp³-hybridized carbons (Fsp3) is 0.0833. The third-order valence-electron chi connectivity index (χ3n) is 2.33. The minimum atomic E-state index is -0.349. The number of nitrogens with zero attached hydrogens (tertiary/aromatic N) is 2. The Morgan fingerprint density at radius 2 is 2.05 bits per heavy atom. The van der Waals surface area contributed by atoms with Gasteiger partial charge in [-0.3, -0.25) is 4.79 Å². The highest BCUT2D eigenvalue weighted by molar-refractivity contribution is 14.1. The molecule has 19 heavy (non-hydrogen) atoms. The predicted molar refractivity (Wildman–Crippen MR) is 83.7 cm³/mol. The number of hydrogen-bond acceptors (Lipinski definition) is 4. The molecule has 0 saturated carbocycles. The smallest absolute Gasteiger partial charge is 0.276 e. The van der Waals surface area contributed by atoms with Crippen LogP contribution >= 0.6 is 34.2 Å². The molecule has 2 N–H and O–H groups in total. The standard InChI is InChI=1S/C12H10ClIN4O/c1-15-11-5-4-10(17-18-11)12(19)16-9-3-2-7(14)6-8(9)13/h2-6H,1H3,(H,15,18)(H,16,19). The van der Waals surface area contributed by atoms with Crippen LogP contribution in [0.25, 0.3) is 0 Å². The number of aromatic nitrogens is 2. The Morgan fingerprint density at radius 3 is 2.63 bits per heavy atom. The second-order valence-electron chi connectivity index (χ2n) is 3.63. The molecule has 0 spiro atoms. The SMILES string of the molecule is CNc1ccc(C(=O)Nc2ccc(I)cc2Cl)nn1. The molecule has 0 aliphatic heterocycles. The Bertz CT molecular complexity index is 603. The maximum Gasteiger partial charge on any atom is 0.276 e. The first kappa shape index (κ1) is 14.0. The lowest BCUT2D eigenvalue weighted by Crippen LogP contribution is -2.15. The van der Waals surface area contributed by atoms with Gasteiger partial charge in [-0.05, 0) is 52.9 Å². The van der Waals surface area contributed by atoms with Crippen LogP contribution in [-0.2, 0) is 0 Å². The van der Waals surface area contributed by atoms with Crippen LogP contribution in [0, 0.1) is 3.57 Å². The molecule has 5 nitrogen and oxygen atoms in total. The topological polar surface area (TPSA) is 66.9 Å². The van der Waals surface area contributed by atoms with Crippen LogP contribution in [0.4, 0.5) is 11.5 Å². The van der Waals surface area contributed by atoms with Crippen LogP contribution in [0.1, 0.15) is 10.5 Å². The summed E-state index contributed by atoms with van der Waals surface area (Å²) in [6.07, 6.45) is 0. The maximum atomic E-state index is 12.0. The van der Waals surface area contributed by atoms with Crippen LogP contribution < -0.4 is 10.6 Å². The molecule has 0 bridgehead atoms. The second kappa shape index (κ2) is 6.16. The summed E-state index contributed by atoms with van der Waals surface area (Å²) in [6.45, 7) is 0. The van der Waals surface area contributed by atoms with Crippen molar-refractivity contribution in [1.29, 1.82) is 0 Å². The second-order valence-corrected chi connectivity index (χ2v) is 5.28. The van der Waals surface area contributed by atoms with E-state index in [4.69, 9.17) is 11.6 Å². The van der Waals surface area contributed by atoms with Gasteiger partial charge >= 0.3 is 0 Å². The number of nitrogens with one attached hydrogen (secondary N) is 2. The predicted octanol–water partition coefficient (Wildman–Crippen LogP) is 3.03. The molecule has 0 unspecified atom stereocenters. The summed E-state index contributed by atoms with van der Waals surface area (Å²) >= 11 is 8.19. The van der Waals surface area contributed by atoms with Crippen LogP contribution in [-0.4, -0.2) is 23.2 Å². The lowest BCUT2D eigenvalue weighted by atomic mass is 10.3. The van der Waals surface area contributed by atoms with Crippen LogP contribution in [0.5, 0.6) is 0 Å². The van der Waals surface area contributed by atoms with E-state index in [1.54, 1.807) is 31.3 Å². The first-order valence-electron chi connectivity index (χ1n) is 5.38. The Morgan fingerprint density at radius 1 is 1.26 bits per heavy atom. The van der Waals surface area contributed by atoms with Crippen molar-refractivity contribution in [3.05, 3.63) is 44.6 Å². The van der Waals surface area contributed by atoms with Crippen LogP contribution in [0.2, 0.25) is 5.02 Å². The van der Waals surface area contributed by atoms with Gasteiger partial charge in [0.1, 0.15) is 5.82 Å². The molecule has 0 aliphatic rings. The van der Waals surface area contributed by atoms with E-state index < -0.39 is 0 Å². The van der Waals surface area contributed by atoms with Gasteiger partial charge in [-0.2, -0.15) is 0 Å². The fourth-order valence-corrected chi connectivity index (χ4v) is 2.27. The average molecular weight is 389 g/mol. The van der Waals surface area contributed by atoms with Crippen molar-refractivity contribution in [3.63, 3.8) is 0 Å². The lowest BCUT2D eigenvalue weighted by molar-refractivity contribution is 0.102. The summed E-state index contributed by atoms with van der Waals surface area (Å²) in [5, 5.41) is 13.7. The molecule has 2 rings (SSSR count). The zero-order valence-corrected chi connectivity index (χ0v) is 12.9. The van der Waals surface area contributed by atoms with Gasteiger partial charge in [0.2, 0.25) is 0 Å². The number of anilines is 2. The Balaban J connectivity index is 2.15. The van der Waals surface area contributed by atoms with E-state index in [0.717, 1.165) is 3.57 Å². The quantitative estimate of drug-likeness (QED) is 0.793. The number of halogens is 2. The Hall–Kier alpha value is -1.41. The van der Waals surface area contributed by atoms with Crippen molar-refractivity contribution in [2.45, 2.75) is 0 Å². The number of hydrogen-bond donors (Lipinski definition) is 2. The number of amides is 1. The van der Waals surface area contributed by atoms with Crippen molar-refractivity contribution in [1.82, 2.24) is 10.2 Å².